The number of piperazine rings is 1. The molecule has 7 heteroatoms. The Balaban J connectivity index is 1.53. The molecule has 2 amide bonds. The maximum Gasteiger partial charge on any atom is 0.410 e. The van der Waals surface area contributed by atoms with E-state index in [0.717, 1.165) is 32.5 Å². The second-order valence-corrected chi connectivity index (χ2v) is 8.29. The van der Waals surface area contributed by atoms with E-state index >= 15 is 0 Å². The zero-order valence-corrected chi connectivity index (χ0v) is 16.6. The number of hydrogen-bond acceptors (Lipinski definition) is 5. The van der Waals surface area contributed by atoms with E-state index in [0.29, 0.717) is 19.6 Å². The summed E-state index contributed by atoms with van der Waals surface area (Å²) in [6.07, 6.45) is 4.79. The second-order valence-electron chi connectivity index (χ2n) is 8.29. The van der Waals surface area contributed by atoms with E-state index in [-0.39, 0.29) is 18.0 Å². The molecule has 2 aliphatic rings. The molecule has 27 heavy (non-hydrogen) atoms. The minimum atomic E-state index is -0.550. The van der Waals surface area contributed by atoms with E-state index in [4.69, 9.17) is 4.74 Å². The third kappa shape index (κ3) is 5.19. The van der Waals surface area contributed by atoms with E-state index in [1.165, 1.54) is 5.56 Å². The number of aromatic nitrogens is 1. The van der Waals surface area contributed by atoms with Crippen molar-refractivity contribution in [3.8, 4) is 0 Å². The third-order valence-corrected chi connectivity index (χ3v) is 5.01. The van der Waals surface area contributed by atoms with E-state index in [1.807, 2.05) is 37.8 Å². The maximum atomic E-state index is 13.0. The molecule has 2 saturated heterocycles. The van der Waals surface area contributed by atoms with Crippen LogP contribution in [0.25, 0.3) is 0 Å². The van der Waals surface area contributed by atoms with Crippen molar-refractivity contribution in [2.75, 3.05) is 32.7 Å². The quantitative estimate of drug-likeness (QED) is 0.811. The molecule has 0 bridgehead atoms. The van der Waals surface area contributed by atoms with Gasteiger partial charge >= 0.3 is 6.09 Å². The number of likely N-dealkylation sites (tertiary alicyclic amines) is 1. The summed E-state index contributed by atoms with van der Waals surface area (Å²) < 4.78 is 5.48. The largest absolute Gasteiger partial charge is 0.444 e. The predicted molar refractivity (Wildman–Crippen MR) is 102 cm³/mol. The monoisotopic (exact) mass is 374 g/mol. The second kappa shape index (κ2) is 8.25. The van der Waals surface area contributed by atoms with Gasteiger partial charge in [0, 0.05) is 51.7 Å². The molecule has 1 unspecified atom stereocenters. The third-order valence-electron chi connectivity index (χ3n) is 5.01. The predicted octanol–water partition coefficient (Wildman–Crippen LogP) is 2.13. The number of carbonyl (C=O) groups is 2. The fourth-order valence-electron chi connectivity index (χ4n) is 3.65. The van der Waals surface area contributed by atoms with Crippen LogP contribution < -0.4 is 0 Å². The molecular weight excluding hydrogens is 344 g/mol. The molecule has 0 N–H and O–H groups in total. The van der Waals surface area contributed by atoms with Gasteiger partial charge in [0.15, 0.2) is 0 Å². The number of ether oxygens (including phenoxy) is 1. The Bertz CT molecular complexity index is 651. The van der Waals surface area contributed by atoms with Crippen LogP contribution in [0.1, 0.15) is 39.2 Å². The highest BCUT2D eigenvalue weighted by atomic mass is 16.6. The van der Waals surface area contributed by atoms with E-state index in [9.17, 15) is 9.59 Å². The maximum absolute atomic E-state index is 13.0. The topological polar surface area (TPSA) is 66.0 Å². The molecule has 148 valence electrons. The zero-order chi connectivity index (χ0) is 19.4. The van der Waals surface area contributed by atoms with Gasteiger partial charge in [-0.05, 0) is 51.3 Å². The normalized spacial score (nSPS) is 21.4. The Morgan fingerprint density at radius 2 is 1.78 bits per heavy atom. The molecule has 2 aliphatic heterocycles. The summed E-state index contributed by atoms with van der Waals surface area (Å²) in [7, 11) is 0. The Labute approximate surface area is 161 Å². The molecule has 3 heterocycles. The lowest BCUT2D eigenvalue weighted by molar-refractivity contribution is -0.137. The Kier molecular flexibility index (Phi) is 5.99. The van der Waals surface area contributed by atoms with Crippen molar-refractivity contribution in [1.29, 1.82) is 0 Å². The minimum absolute atomic E-state index is 0.0573. The fourth-order valence-corrected chi connectivity index (χ4v) is 3.65. The highest BCUT2D eigenvalue weighted by Crippen LogP contribution is 2.23. The molecule has 1 atom stereocenters. The number of hydrogen-bond donors (Lipinski definition) is 0. The number of amides is 2. The lowest BCUT2D eigenvalue weighted by Gasteiger charge is -2.37. The summed E-state index contributed by atoms with van der Waals surface area (Å²) in [5.74, 6) is 0.0573. The number of carbonyl (C=O) groups excluding carboxylic acids is 2. The van der Waals surface area contributed by atoms with Gasteiger partial charge in [0.05, 0.1) is 0 Å². The Morgan fingerprint density at radius 3 is 2.41 bits per heavy atom. The van der Waals surface area contributed by atoms with E-state index < -0.39 is 5.60 Å². The molecule has 0 spiro atoms. The van der Waals surface area contributed by atoms with Crippen molar-refractivity contribution in [3.05, 3.63) is 30.1 Å². The number of pyridine rings is 1. The molecule has 0 saturated carbocycles. The van der Waals surface area contributed by atoms with Gasteiger partial charge in [-0.2, -0.15) is 0 Å². The van der Waals surface area contributed by atoms with Crippen LogP contribution in [0.3, 0.4) is 0 Å². The standard InChI is InChI=1S/C20H30N4O3/c1-20(2,3)27-19(26)24-10-4-5-17(24)18(25)23-13-11-22(12-14-23)15-16-6-8-21-9-7-16/h6-9,17H,4-5,10-15H2,1-3H3. The van der Waals surface area contributed by atoms with Crippen LogP contribution in [-0.2, 0) is 16.1 Å². The molecule has 0 radical (unpaired) electrons. The van der Waals surface area contributed by atoms with Gasteiger partial charge in [-0.15, -0.1) is 0 Å². The van der Waals surface area contributed by atoms with Crippen LogP contribution in [0, 0.1) is 0 Å². The molecule has 0 aliphatic carbocycles. The summed E-state index contributed by atoms with van der Waals surface area (Å²) in [5, 5.41) is 0. The van der Waals surface area contributed by atoms with Crippen LogP contribution in [-0.4, -0.2) is 76.1 Å². The SMILES string of the molecule is CC(C)(C)OC(=O)N1CCCC1C(=O)N1CCN(Cc2ccncc2)CC1. The average Bonchev–Trinajstić information content (AvgIpc) is 3.11. The van der Waals surface area contributed by atoms with Gasteiger partial charge in [-0.3, -0.25) is 19.6 Å². The molecule has 2 fully saturated rings. The van der Waals surface area contributed by atoms with Crippen LogP contribution in [0.4, 0.5) is 4.79 Å². The summed E-state index contributed by atoms with van der Waals surface area (Å²) in [5.41, 5.74) is 0.683. The van der Waals surface area contributed by atoms with Gasteiger partial charge in [-0.25, -0.2) is 4.79 Å². The first-order chi connectivity index (χ1) is 12.8. The van der Waals surface area contributed by atoms with Gasteiger partial charge in [0.1, 0.15) is 11.6 Å². The van der Waals surface area contributed by atoms with Gasteiger partial charge < -0.3 is 9.64 Å². The van der Waals surface area contributed by atoms with Crippen molar-refractivity contribution >= 4 is 12.0 Å². The number of rotatable bonds is 3. The minimum Gasteiger partial charge on any atom is -0.444 e. The highest BCUT2D eigenvalue weighted by molar-refractivity contribution is 5.86. The van der Waals surface area contributed by atoms with Gasteiger partial charge in [0.25, 0.3) is 0 Å². The van der Waals surface area contributed by atoms with Crippen LogP contribution in [0.5, 0.6) is 0 Å². The number of nitrogens with zero attached hydrogens (tertiary/aromatic N) is 4. The lowest BCUT2D eigenvalue weighted by atomic mass is 10.1. The van der Waals surface area contributed by atoms with Crippen molar-refractivity contribution in [3.63, 3.8) is 0 Å². The molecule has 1 aromatic heterocycles. The van der Waals surface area contributed by atoms with E-state index in [2.05, 4.69) is 9.88 Å². The van der Waals surface area contributed by atoms with Crippen LogP contribution >= 0.6 is 0 Å². The molecular formula is C20H30N4O3. The van der Waals surface area contributed by atoms with Crippen molar-refractivity contribution in [2.45, 2.75) is 51.8 Å². The van der Waals surface area contributed by atoms with Crippen LogP contribution in [0.15, 0.2) is 24.5 Å². The van der Waals surface area contributed by atoms with Crippen molar-refractivity contribution < 1.29 is 14.3 Å². The van der Waals surface area contributed by atoms with Gasteiger partial charge in [-0.1, -0.05) is 0 Å². The average molecular weight is 374 g/mol. The fraction of sp³-hybridized carbons (Fsp3) is 0.650. The first-order valence-corrected chi connectivity index (χ1v) is 9.73. The molecule has 1 aromatic rings. The molecule has 7 nitrogen and oxygen atoms in total. The lowest BCUT2D eigenvalue weighted by Crippen LogP contribution is -2.54. The first-order valence-electron chi connectivity index (χ1n) is 9.73. The zero-order valence-electron chi connectivity index (χ0n) is 16.6. The van der Waals surface area contributed by atoms with Gasteiger partial charge in [0.2, 0.25) is 5.91 Å². The molecule has 0 aromatic carbocycles. The summed E-state index contributed by atoms with van der Waals surface area (Å²) in [4.78, 5) is 35.3. The molecule has 3 rings (SSSR count). The Morgan fingerprint density at radius 1 is 1.11 bits per heavy atom. The summed E-state index contributed by atoms with van der Waals surface area (Å²) in [6.45, 7) is 10.1. The summed E-state index contributed by atoms with van der Waals surface area (Å²) in [6, 6.07) is 3.66. The van der Waals surface area contributed by atoms with Crippen molar-refractivity contribution in [1.82, 2.24) is 19.7 Å². The highest BCUT2D eigenvalue weighted by Gasteiger charge is 2.39. The van der Waals surface area contributed by atoms with Crippen LogP contribution in [0.2, 0.25) is 0 Å². The smallest absolute Gasteiger partial charge is 0.410 e. The summed E-state index contributed by atoms with van der Waals surface area (Å²) >= 11 is 0. The van der Waals surface area contributed by atoms with E-state index in [1.54, 1.807) is 17.3 Å². The Hall–Kier alpha value is -2.15. The van der Waals surface area contributed by atoms with Crippen molar-refractivity contribution in [2.24, 2.45) is 0 Å². The first kappa shape index (κ1) is 19.6.